The normalized spacial score (nSPS) is 17.4. The van der Waals surface area contributed by atoms with E-state index in [9.17, 15) is 19.2 Å². The van der Waals surface area contributed by atoms with Crippen LogP contribution in [0.25, 0.3) is 32.5 Å². The molecular formula is C29H19N3O6S. The maximum Gasteiger partial charge on any atom is 0.383 e. The molecule has 1 atom stereocenters. The van der Waals surface area contributed by atoms with Crippen molar-refractivity contribution in [3.63, 3.8) is 0 Å². The first-order chi connectivity index (χ1) is 18.9. The second kappa shape index (κ2) is 8.40. The summed E-state index contributed by atoms with van der Waals surface area (Å²) in [7, 11) is 0. The summed E-state index contributed by atoms with van der Waals surface area (Å²) >= 11 is 1.06. The van der Waals surface area contributed by atoms with Gasteiger partial charge in [-0.2, -0.15) is 0 Å². The van der Waals surface area contributed by atoms with E-state index in [1.165, 1.54) is 0 Å². The summed E-state index contributed by atoms with van der Waals surface area (Å²) in [5.74, 6) is -3.05. The molecule has 0 bridgehead atoms. The smallest absolute Gasteiger partial charge is 0.383 e. The van der Waals surface area contributed by atoms with E-state index in [4.69, 9.17) is 14.5 Å². The van der Waals surface area contributed by atoms with Crippen molar-refractivity contribution in [2.45, 2.75) is 32.1 Å². The number of hydrogen-bond donors (Lipinski definition) is 0. The first kappa shape index (κ1) is 23.4. The molecule has 0 radical (unpaired) electrons. The third kappa shape index (κ3) is 3.38. The number of pyridine rings is 2. The number of Topliss-reactive ketones (excluding diaryl/α,β-unsaturated/α-hetero) is 1. The van der Waals surface area contributed by atoms with Crippen LogP contribution in [0, 0.1) is 0 Å². The molecule has 0 saturated carbocycles. The van der Waals surface area contributed by atoms with Crippen LogP contribution in [0.2, 0.25) is 0 Å². The Morgan fingerprint density at radius 1 is 1.05 bits per heavy atom. The minimum atomic E-state index is -1.97. The predicted octanol–water partition coefficient (Wildman–Crippen LogP) is 4.12. The summed E-state index contributed by atoms with van der Waals surface area (Å²) in [6.07, 6.45) is -0.0431. The molecule has 192 valence electrons. The van der Waals surface area contributed by atoms with Gasteiger partial charge >= 0.3 is 11.9 Å². The molecule has 0 spiro atoms. The van der Waals surface area contributed by atoms with Crippen molar-refractivity contribution in [1.29, 1.82) is 0 Å². The predicted molar refractivity (Wildman–Crippen MR) is 142 cm³/mol. The van der Waals surface area contributed by atoms with Gasteiger partial charge in [0.2, 0.25) is 5.60 Å². The lowest BCUT2D eigenvalue weighted by molar-refractivity contribution is -0.186. The number of carbonyl (C=O) groups is 3. The third-order valence-corrected chi connectivity index (χ3v) is 8.36. The number of carbonyl (C=O) groups excluding carboxylic acids is 3. The van der Waals surface area contributed by atoms with Gasteiger partial charge in [-0.15, -0.1) is 11.3 Å². The van der Waals surface area contributed by atoms with Crippen LogP contribution in [0.3, 0.4) is 0 Å². The SMILES string of the molecule is CCC1(OC(=O)C(=O)c2nc3ccccc3s2)C(=O)OCc2c1cc1n(c2=O)Cc2cc3ccccc3nc2-1. The fourth-order valence-electron chi connectivity index (χ4n) is 5.34. The zero-order valence-corrected chi connectivity index (χ0v) is 21.4. The molecule has 10 heteroatoms. The van der Waals surface area contributed by atoms with E-state index < -0.39 is 23.3 Å². The van der Waals surface area contributed by atoms with Gasteiger partial charge in [0.1, 0.15) is 6.61 Å². The van der Waals surface area contributed by atoms with Crippen LogP contribution in [0.15, 0.2) is 65.5 Å². The number of hydrogen-bond acceptors (Lipinski definition) is 9. The number of aromatic nitrogens is 3. The van der Waals surface area contributed by atoms with Gasteiger partial charge in [0.05, 0.1) is 39.2 Å². The molecular weight excluding hydrogens is 518 g/mol. The Labute approximate surface area is 224 Å². The van der Waals surface area contributed by atoms with Gasteiger partial charge in [-0.05, 0) is 36.8 Å². The Kier molecular flexibility index (Phi) is 5.05. The summed E-state index contributed by atoms with van der Waals surface area (Å²) < 4.78 is 13.4. The Hall–Kier alpha value is -4.70. The molecule has 0 fully saturated rings. The fourth-order valence-corrected chi connectivity index (χ4v) is 6.24. The van der Waals surface area contributed by atoms with Gasteiger partial charge in [-0.1, -0.05) is 37.3 Å². The number of rotatable bonds is 4. The van der Waals surface area contributed by atoms with E-state index in [-0.39, 0.29) is 34.7 Å². The fraction of sp³-hybridized carbons (Fsp3) is 0.172. The van der Waals surface area contributed by atoms with E-state index in [0.29, 0.717) is 23.4 Å². The molecule has 9 nitrogen and oxygen atoms in total. The van der Waals surface area contributed by atoms with Crippen LogP contribution in [0.1, 0.15) is 39.8 Å². The summed E-state index contributed by atoms with van der Waals surface area (Å²) in [4.78, 5) is 62.1. The standard InChI is InChI=1S/C29H19N3O6S/c1-2-29(38-27(35)24(33)25-31-20-9-5-6-10-22(20)39-25)18-12-21-23-16(11-15-7-3-4-8-19(15)30-23)13-32(21)26(34)17(18)14-37-28(29)36/h3-12H,2,13-14H2,1H3. The Bertz CT molecular complexity index is 1930. The van der Waals surface area contributed by atoms with Gasteiger partial charge < -0.3 is 14.0 Å². The first-order valence-electron chi connectivity index (χ1n) is 12.4. The maximum absolute atomic E-state index is 13.6. The number of esters is 2. The van der Waals surface area contributed by atoms with E-state index >= 15 is 0 Å². The Morgan fingerprint density at radius 3 is 2.62 bits per heavy atom. The van der Waals surface area contributed by atoms with Gasteiger partial charge in [-0.25, -0.2) is 19.6 Å². The maximum atomic E-state index is 13.6. The van der Waals surface area contributed by atoms with Crippen LogP contribution >= 0.6 is 11.3 Å². The summed E-state index contributed by atoms with van der Waals surface area (Å²) in [5.41, 5.74) is 1.44. The molecule has 2 aliphatic heterocycles. The largest absolute Gasteiger partial charge is 0.457 e. The number of ketones is 1. The molecule has 5 aromatic rings. The molecule has 2 aromatic carbocycles. The van der Waals surface area contributed by atoms with Crippen LogP contribution in [-0.2, 0) is 37.8 Å². The average molecular weight is 538 g/mol. The molecule has 3 aromatic heterocycles. The van der Waals surface area contributed by atoms with Gasteiger partial charge in [-0.3, -0.25) is 9.59 Å². The second-order valence-electron chi connectivity index (χ2n) is 9.46. The number of fused-ring (bicyclic) bond motifs is 6. The van der Waals surface area contributed by atoms with Crippen molar-refractivity contribution < 1.29 is 23.9 Å². The number of ether oxygens (including phenoxy) is 2. The van der Waals surface area contributed by atoms with E-state index in [0.717, 1.165) is 32.5 Å². The lowest BCUT2D eigenvalue weighted by atomic mass is 9.85. The van der Waals surface area contributed by atoms with Crippen LogP contribution in [0.4, 0.5) is 0 Å². The Morgan fingerprint density at radius 2 is 1.82 bits per heavy atom. The summed E-state index contributed by atoms with van der Waals surface area (Å²) in [5, 5.41) is 0.904. The number of cyclic esters (lactones) is 1. The van der Waals surface area contributed by atoms with Crippen molar-refractivity contribution in [1.82, 2.24) is 14.5 Å². The molecule has 7 rings (SSSR count). The summed E-state index contributed by atoms with van der Waals surface area (Å²) in [6, 6.07) is 18.4. The molecule has 1 unspecified atom stereocenters. The highest BCUT2D eigenvalue weighted by molar-refractivity contribution is 7.20. The number of benzene rings is 2. The van der Waals surface area contributed by atoms with E-state index in [2.05, 4.69) is 4.98 Å². The number of nitrogens with zero attached hydrogens (tertiary/aromatic N) is 3. The second-order valence-corrected chi connectivity index (χ2v) is 10.5. The zero-order chi connectivity index (χ0) is 26.9. The van der Waals surface area contributed by atoms with Crippen molar-refractivity contribution >= 4 is 50.2 Å². The summed E-state index contributed by atoms with van der Waals surface area (Å²) in [6.45, 7) is 1.69. The van der Waals surface area contributed by atoms with Crippen molar-refractivity contribution in [2.75, 3.05) is 0 Å². The molecule has 0 amide bonds. The molecule has 0 aliphatic carbocycles. The monoisotopic (exact) mass is 537 g/mol. The van der Waals surface area contributed by atoms with E-state index in [1.807, 2.05) is 30.3 Å². The lowest BCUT2D eigenvalue weighted by Crippen LogP contribution is -2.48. The molecule has 0 N–H and O–H groups in total. The minimum Gasteiger partial charge on any atom is -0.457 e. The third-order valence-electron chi connectivity index (χ3n) is 7.33. The highest BCUT2D eigenvalue weighted by Gasteiger charge is 2.51. The topological polar surface area (TPSA) is 117 Å². The van der Waals surface area contributed by atoms with Crippen LogP contribution in [0.5, 0.6) is 0 Å². The first-order valence-corrected chi connectivity index (χ1v) is 13.2. The van der Waals surface area contributed by atoms with Gasteiger partial charge in [0, 0.05) is 16.5 Å². The van der Waals surface area contributed by atoms with Crippen molar-refractivity contribution in [2.24, 2.45) is 0 Å². The van der Waals surface area contributed by atoms with Crippen molar-refractivity contribution in [3.05, 3.63) is 92.7 Å². The number of para-hydroxylation sites is 2. The van der Waals surface area contributed by atoms with Crippen LogP contribution < -0.4 is 5.56 Å². The highest BCUT2D eigenvalue weighted by atomic mass is 32.1. The van der Waals surface area contributed by atoms with Crippen molar-refractivity contribution in [3.8, 4) is 11.4 Å². The van der Waals surface area contributed by atoms with E-state index in [1.54, 1.807) is 41.8 Å². The molecule has 5 heterocycles. The van der Waals surface area contributed by atoms with Crippen LogP contribution in [-0.4, -0.2) is 32.3 Å². The molecule has 39 heavy (non-hydrogen) atoms. The quantitative estimate of drug-likeness (QED) is 0.187. The van der Waals surface area contributed by atoms with Gasteiger partial charge in [0.25, 0.3) is 11.3 Å². The van der Waals surface area contributed by atoms with Gasteiger partial charge in [0.15, 0.2) is 5.01 Å². The highest BCUT2D eigenvalue weighted by Crippen LogP contribution is 2.41. The molecule has 2 aliphatic rings. The average Bonchev–Trinajstić information content (AvgIpc) is 3.54. The Balaban J connectivity index is 1.33. The lowest BCUT2D eigenvalue weighted by Gasteiger charge is -2.35. The minimum absolute atomic E-state index is 0.0431. The zero-order valence-electron chi connectivity index (χ0n) is 20.6. The number of thiazole rings is 1. The molecule has 0 saturated heterocycles.